The molecule has 1 fully saturated rings. The molecule has 1 saturated heterocycles. The number of nitrogens with zero attached hydrogens (tertiary/aromatic N) is 4. The number of hydrogen-bond acceptors (Lipinski definition) is 8. The third-order valence-corrected chi connectivity index (χ3v) is 6.82. The zero-order valence-corrected chi connectivity index (χ0v) is 22.3. The van der Waals surface area contributed by atoms with Gasteiger partial charge in [0.25, 0.3) is 0 Å². The smallest absolute Gasteiger partial charge is 0.162 e. The summed E-state index contributed by atoms with van der Waals surface area (Å²) in [7, 11) is 3.60. The van der Waals surface area contributed by atoms with Gasteiger partial charge in [-0.15, -0.1) is 0 Å². The molecule has 0 saturated carbocycles. The van der Waals surface area contributed by atoms with Crippen LogP contribution in [0, 0.1) is 0 Å². The molecule has 1 aliphatic rings. The Bertz CT molecular complexity index is 1620. The largest absolute Gasteiger partial charge is 0.491 e. The highest BCUT2D eigenvalue weighted by Crippen LogP contribution is 2.33. The molecule has 2 N–H and O–H groups in total. The summed E-state index contributed by atoms with van der Waals surface area (Å²) in [6.45, 7) is 3.15. The van der Waals surface area contributed by atoms with Crippen molar-refractivity contribution in [1.82, 2.24) is 19.7 Å². The van der Waals surface area contributed by atoms with Crippen LogP contribution in [-0.4, -0.2) is 52.4 Å². The molecule has 0 amide bonds. The number of aryl methyl sites for hydroxylation is 1. The first-order chi connectivity index (χ1) is 19.1. The second kappa shape index (κ2) is 10.9. The number of nitrogens with one attached hydrogen (secondary N) is 2. The van der Waals surface area contributed by atoms with Crippen molar-refractivity contribution in [2.75, 3.05) is 31.0 Å². The van der Waals surface area contributed by atoms with Gasteiger partial charge in [0.05, 0.1) is 23.8 Å². The van der Waals surface area contributed by atoms with Crippen LogP contribution in [-0.2, 0) is 16.5 Å². The number of aromatic nitrogens is 4. The summed E-state index contributed by atoms with van der Waals surface area (Å²) in [5.74, 6) is 2.06. The average Bonchev–Trinajstić information content (AvgIpc) is 3.57. The molecular formula is C30H32N6O3. The summed E-state index contributed by atoms with van der Waals surface area (Å²) in [6.07, 6.45) is 4.37. The number of hydrogen-bond donors (Lipinski definition) is 2. The molecule has 2 unspecified atom stereocenters. The van der Waals surface area contributed by atoms with Crippen LogP contribution in [0.15, 0.2) is 66.9 Å². The third kappa shape index (κ3) is 5.50. The van der Waals surface area contributed by atoms with Gasteiger partial charge in [-0.1, -0.05) is 25.5 Å². The first-order valence-electron chi connectivity index (χ1n) is 13.3. The lowest BCUT2D eigenvalue weighted by atomic mass is 10.1. The maximum atomic E-state index is 5.88. The number of rotatable bonds is 11. The van der Waals surface area contributed by atoms with Crippen molar-refractivity contribution in [3.63, 3.8) is 0 Å². The first kappa shape index (κ1) is 25.1. The summed E-state index contributed by atoms with van der Waals surface area (Å²) in [6, 6.07) is 20.2. The van der Waals surface area contributed by atoms with Gasteiger partial charge in [0.1, 0.15) is 24.3 Å². The summed E-state index contributed by atoms with van der Waals surface area (Å²) in [5, 5.41) is 13.3. The van der Waals surface area contributed by atoms with E-state index in [9.17, 15) is 0 Å². The van der Waals surface area contributed by atoms with Gasteiger partial charge >= 0.3 is 0 Å². The highest BCUT2D eigenvalue weighted by Gasteiger charge is 2.37. The van der Waals surface area contributed by atoms with E-state index in [1.807, 2.05) is 60.4 Å². The monoisotopic (exact) mass is 524 g/mol. The molecule has 39 heavy (non-hydrogen) atoms. The lowest BCUT2D eigenvalue weighted by Gasteiger charge is -2.14. The van der Waals surface area contributed by atoms with E-state index in [1.165, 1.54) is 0 Å². The Morgan fingerprint density at radius 1 is 1.00 bits per heavy atom. The molecule has 0 spiro atoms. The van der Waals surface area contributed by atoms with Crippen molar-refractivity contribution in [3.05, 3.63) is 66.9 Å². The van der Waals surface area contributed by atoms with Crippen LogP contribution < -0.4 is 15.4 Å². The predicted molar refractivity (Wildman–Crippen MR) is 154 cm³/mol. The molecule has 1 aliphatic heterocycles. The standard InChI is InChI=1S/C30H32N6O3/c1-4-6-27-30(39-27)33-21-8-5-7-19(15-21)28-34-25-11-10-23(38-14-13-37-3)17-24(25)29(35-28)32-22-9-12-26-20(16-22)18-31-36(26)2/h5,7-12,15-18,27,30,33H,4,6,13-14H2,1-3H3,(H,32,34,35). The molecule has 3 aromatic carbocycles. The minimum atomic E-state index is 0.0638. The van der Waals surface area contributed by atoms with Crippen LogP contribution >= 0.6 is 0 Å². The molecule has 9 heteroatoms. The summed E-state index contributed by atoms with van der Waals surface area (Å²) in [5.41, 5.74) is 4.69. The second-order valence-corrected chi connectivity index (χ2v) is 9.69. The Labute approximate surface area is 227 Å². The fraction of sp³-hybridized carbons (Fsp3) is 0.300. The minimum absolute atomic E-state index is 0.0638. The molecule has 200 valence electrons. The first-order valence-corrected chi connectivity index (χ1v) is 13.3. The molecule has 0 aliphatic carbocycles. The van der Waals surface area contributed by atoms with Crippen molar-refractivity contribution < 1.29 is 14.2 Å². The Hall–Kier alpha value is -4.21. The van der Waals surface area contributed by atoms with E-state index >= 15 is 0 Å². The number of benzene rings is 3. The van der Waals surface area contributed by atoms with Gasteiger partial charge in [0.2, 0.25) is 0 Å². The zero-order valence-electron chi connectivity index (χ0n) is 22.3. The molecule has 9 nitrogen and oxygen atoms in total. The summed E-state index contributed by atoms with van der Waals surface area (Å²) < 4.78 is 18.6. The van der Waals surface area contributed by atoms with Crippen molar-refractivity contribution in [2.45, 2.75) is 32.1 Å². The highest BCUT2D eigenvalue weighted by atomic mass is 16.6. The van der Waals surface area contributed by atoms with Crippen LogP contribution in [0.4, 0.5) is 17.2 Å². The second-order valence-electron chi connectivity index (χ2n) is 9.69. The Kier molecular flexibility index (Phi) is 7.00. The Morgan fingerprint density at radius 2 is 1.92 bits per heavy atom. The number of fused-ring (bicyclic) bond motifs is 2. The van der Waals surface area contributed by atoms with Crippen molar-refractivity contribution in [1.29, 1.82) is 0 Å². The normalized spacial score (nSPS) is 16.5. The average molecular weight is 525 g/mol. The van der Waals surface area contributed by atoms with E-state index in [0.717, 1.165) is 57.3 Å². The quantitative estimate of drug-likeness (QED) is 0.163. The molecule has 2 atom stereocenters. The Balaban J connectivity index is 1.36. The van der Waals surface area contributed by atoms with E-state index in [0.29, 0.717) is 24.9 Å². The van der Waals surface area contributed by atoms with Gasteiger partial charge in [0.15, 0.2) is 12.1 Å². The maximum Gasteiger partial charge on any atom is 0.162 e. The number of epoxide rings is 1. The fourth-order valence-electron chi connectivity index (χ4n) is 4.73. The molecule has 3 heterocycles. The van der Waals surface area contributed by atoms with E-state index in [-0.39, 0.29) is 12.3 Å². The van der Waals surface area contributed by atoms with Gasteiger partial charge in [-0.2, -0.15) is 5.10 Å². The number of ether oxygens (including phenoxy) is 3. The molecule has 2 aromatic heterocycles. The molecule has 0 bridgehead atoms. The van der Waals surface area contributed by atoms with Crippen LogP contribution in [0.2, 0.25) is 0 Å². The van der Waals surface area contributed by atoms with E-state index in [1.54, 1.807) is 7.11 Å². The lowest BCUT2D eigenvalue weighted by Crippen LogP contribution is -2.07. The van der Waals surface area contributed by atoms with Gasteiger partial charge in [-0.05, 0) is 55.0 Å². The molecule has 0 radical (unpaired) electrons. The van der Waals surface area contributed by atoms with Crippen LogP contribution in [0.25, 0.3) is 33.2 Å². The topological polar surface area (TPSA) is 98.7 Å². The van der Waals surface area contributed by atoms with E-state index in [2.05, 4.69) is 40.9 Å². The zero-order chi connectivity index (χ0) is 26.8. The van der Waals surface area contributed by atoms with E-state index in [4.69, 9.17) is 24.2 Å². The van der Waals surface area contributed by atoms with E-state index < -0.39 is 0 Å². The molecule has 6 rings (SSSR count). The summed E-state index contributed by atoms with van der Waals surface area (Å²) in [4.78, 5) is 9.90. The summed E-state index contributed by atoms with van der Waals surface area (Å²) >= 11 is 0. The van der Waals surface area contributed by atoms with Crippen molar-refractivity contribution in [3.8, 4) is 17.1 Å². The van der Waals surface area contributed by atoms with Gasteiger partial charge < -0.3 is 24.8 Å². The SMILES string of the molecule is CCCC1OC1Nc1cccc(-c2nc(Nc3ccc4c(cnn4C)c3)c3cc(OCCOC)ccc3n2)c1. The van der Waals surface area contributed by atoms with Crippen LogP contribution in [0.1, 0.15) is 19.8 Å². The Morgan fingerprint density at radius 3 is 2.79 bits per heavy atom. The van der Waals surface area contributed by atoms with Crippen molar-refractivity contribution >= 4 is 39.0 Å². The number of methoxy groups -OCH3 is 1. The molecular weight excluding hydrogens is 492 g/mol. The number of anilines is 3. The van der Waals surface area contributed by atoms with Gasteiger partial charge in [-0.3, -0.25) is 4.68 Å². The van der Waals surface area contributed by atoms with Crippen LogP contribution in [0.3, 0.4) is 0 Å². The van der Waals surface area contributed by atoms with Crippen LogP contribution in [0.5, 0.6) is 5.75 Å². The lowest BCUT2D eigenvalue weighted by molar-refractivity contribution is 0.146. The minimum Gasteiger partial charge on any atom is -0.491 e. The van der Waals surface area contributed by atoms with Gasteiger partial charge in [-0.25, -0.2) is 9.97 Å². The molecule has 5 aromatic rings. The van der Waals surface area contributed by atoms with Gasteiger partial charge in [0, 0.05) is 41.9 Å². The maximum absolute atomic E-state index is 5.88. The third-order valence-electron chi connectivity index (χ3n) is 6.82. The van der Waals surface area contributed by atoms with Crippen molar-refractivity contribution in [2.24, 2.45) is 7.05 Å². The highest BCUT2D eigenvalue weighted by molar-refractivity contribution is 5.94. The predicted octanol–water partition coefficient (Wildman–Crippen LogP) is 5.89. The fourth-order valence-corrected chi connectivity index (χ4v) is 4.73.